The van der Waals surface area contributed by atoms with E-state index >= 15 is 0 Å². The fourth-order valence-corrected chi connectivity index (χ4v) is 2.05. The van der Waals surface area contributed by atoms with Crippen LogP contribution in [0.1, 0.15) is 29.9 Å². The SMILES string of the molecule is CC(C)NC(=O)CSCc1ncncc1C(=O)O. The summed E-state index contributed by atoms with van der Waals surface area (Å²) in [5.74, 6) is -0.476. The first-order chi connectivity index (χ1) is 8.50. The molecule has 0 fully saturated rings. The molecule has 0 saturated heterocycles. The first-order valence-electron chi connectivity index (χ1n) is 5.40. The van der Waals surface area contributed by atoms with Crippen LogP contribution in [0.25, 0.3) is 0 Å². The number of aromatic carboxylic acids is 1. The zero-order valence-corrected chi connectivity index (χ0v) is 11.0. The molecule has 1 heterocycles. The number of carboxylic acid groups (broad SMARTS) is 1. The highest BCUT2D eigenvalue weighted by Gasteiger charge is 2.12. The lowest BCUT2D eigenvalue weighted by Gasteiger charge is -2.08. The highest BCUT2D eigenvalue weighted by Crippen LogP contribution is 2.13. The molecule has 0 bridgehead atoms. The van der Waals surface area contributed by atoms with Gasteiger partial charge >= 0.3 is 5.97 Å². The average molecular weight is 269 g/mol. The van der Waals surface area contributed by atoms with Gasteiger partial charge in [-0.3, -0.25) is 4.79 Å². The Bertz CT molecular complexity index is 437. The highest BCUT2D eigenvalue weighted by molar-refractivity contribution is 7.99. The summed E-state index contributed by atoms with van der Waals surface area (Å²) in [6, 6.07) is 0.103. The van der Waals surface area contributed by atoms with Gasteiger partial charge in [0.15, 0.2) is 0 Å². The molecule has 98 valence electrons. The molecule has 1 amide bonds. The molecule has 0 radical (unpaired) electrons. The van der Waals surface area contributed by atoms with Gasteiger partial charge in [-0.1, -0.05) is 0 Å². The van der Waals surface area contributed by atoms with E-state index in [1.807, 2.05) is 13.8 Å². The molecule has 0 aliphatic rings. The lowest BCUT2D eigenvalue weighted by atomic mass is 10.2. The summed E-state index contributed by atoms with van der Waals surface area (Å²) in [5, 5.41) is 11.7. The molecule has 0 aliphatic carbocycles. The molecular formula is C11H15N3O3S. The normalized spacial score (nSPS) is 10.4. The number of nitrogens with zero attached hydrogens (tertiary/aromatic N) is 2. The highest BCUT2D eigenvalue weighted by atomic mass is 32.2. The van der Waals surface area contributed by atoms with Crippen molar-refractivity contribution in [2.24, 2.45) is 0 Å². The standard InChI is InChI=1S/C11H15N3O3S/c1-7(2)14-10(15)5-18-4-9-8(11(16)17)3-12-6-13-9/h3,6-7H,4-5H2,1-2H3,(H,14,15)(H,16,17). The van der Waals surface area contributed by atoms with Crippen molar-refractivity contribution in [2.75, 3.05) is 5.75 Å². The molecular weight excluding hydrogens is 254 g/mol. The molecule has 0 aromatic carbocycles. The van der Waals surface area contributed by atoms with Gasteiger partial charge in [-0.15, -0.1) is 11.8 Å². The number of aromatic nitrogens is 2. The van der Waals surface area contributed by atoms with Gasteiger partial charge in [0, 0.05) is 18.0 Å². The van der Waals surface area contributed by atoms with Gasteiger partial charge in [-0.2, -0.15) is 0 Å². The zero-order valence-electron chi connectivity index (χ0n) is 10.2. The summed E-state index contributed by atoms with van der Waals surface area (Å²) in [7, 11) is 0. The fraction of sp³-hybridized carbons (Fsp3) is 0.455. The van der Waals surface area contributed by atoms with Crippen molar-refractivity contribution in [1.29, 1.82) is 0 Å². The zero-order chi connectivity index (χ0) is 13.5. The maximum atomic E-state index is 11.4. The fourth-order valence-electron chi connectivity index (χ4n) is 1.25. The molecule has 0 atom stereocenters. The van der Waals surface area contributed by atoms with Crippen molar-refractivity contribution in [3.05, 3.63) is 23.8 Å². The van der Waals surface area contributed by atoms with E-state index in [0.29, 0.717) is 11.4 Å². The van der Waals surface area contributed by atoms with Crippen molar-refractivity contribution in [3.63, 3.8) is 0 Å². The summed E-state index contributed by atoms with van der Waals surface area (Å²) in [6.45, 7) is 3.77. The number of hydrogen-bond donors (Lipinski definition) is 2. The van der Waals surface area contributed by atoms with Gasteiger partial charge in [-0.25, -0.2) is 14.8 Å². The van der Waals surface area contributed by atoms with Gasteiger partial charge in [0.25, 0.3) is 0 Å². The third-order valence-electron chi connectivity index (χ3n) is 1.95. The van der Waals surface area contributed by atoms with Gasteiger partial charge in [0.1, 0.15) is 11.9 Å². The molecule has 2 N–H and O–H groups in total. The topological polar surface area (TPSA) is 92.2 Å². The quantitative estimate of drug-likeness (QED) is 0.798. The van der Waals surface area contributed by atoms with Crippen molar-refractivity contribution in [1.82, 2.24) is 15.3 Å². The molecule has 0 unspecified atom stereocenters. The van der Waals surface area contributed by atoms with Crippen LogP contribution in [-0.2, 0) is 10.5 Å². The Kier molecular flexibility index (Phi) is 5.57. The van der Waals surface area contributed by atoms with Crippen molar-refractivity contribution >= 4 is 23.6 Å². The molecule has 1 rings (SSSR count). The molecule has 0 aliphatic heterocycles. The van der Waals surface area contributed by atoms with Crippen molar-refractivity contribution < 1.29 is 14.7 Å². The van der Waals surface area contributed by atoms with Crippen LogP contribution in [0.3, 0.4) is 0 Å². The van der Waals surface area contributed by atoms with E-state index in [0.717, 1.165) is 0 Å². The minimum atomic E-state index is -1.06. The lowest BCUT2D eigenvalue weighted by Crippen LogP contribution is -2.31. The first kappa shape index (κ1) is 14.4. The van der Waals surface area contributed by atoms with E-state index in [4.69, 9.17) is 5.11 Å². The Hall–Kier alpha value is -1.63. The number of nitrogens with one attached hydrogen (secondary N) is 1. The second-order valence-electron chi connectivity index (χ2n) is 3.90. The summed E-state index contributed by atoms with van der Waals surface area (Å²) in [5.41, 5.74) is 0.508. The molecule has 0 saturated carbocycles. The Morgan fingerprint density at radius 1 is 1.50 bits per heavy atom. The van der Waals surface area contributed by atoms with Gasteiger partial charge in [0.05, 0.1) is 11.4 Å². The number of carbonyl (C=O) groups is 2. The minimum absolute atomic E-state index is 0.0686. The number of thioether (sulfide) groups is 1. The number of carboxylic acids is 1. The lowest BCUT2D eigenvalue weighted by molar-refractivity contribution is -0.119. The predicted octanol–water partition coefficient (Wildman–Crippen LogP) is 0.933. The minimum Gasteiger partial charge on any atom is -0.478 e. The predicted molar refractivity (Wildman–Crippen MR) is 68.4 cm³/mol. The Morgan fingerprint density at radius 3 is 2.83 bits per heavy atom. The molecule has 6 nitrogen and oxygen atoms in total. The van der Waals surface area contributed by atoms with Crippen LogP contribution in [0.4, 0.5) is 0 Å². The number of carbonyl (C=O) groups excluding carboxylic acids is 1. The Morgan fingerprint density at radius 2 is 2.22 bits per heavy atom. The van der Waals surface area contributed by atoms with E-state index in [1.165, 1.54) is 24.3 Å². The van der Waals surface area contributed by atoms with Crippen LogP contribution in [0.5, 0.6) is 0 Å². The van der Waals surface area contributed by atoms with E-state index in [9.17, 15) is 9.59 Å². The summed E-state index contributed by atoms with van der Waals surface area (Å²) < 4.78 is 0. The third-order valence-corrected chi connectivity index (χ3v) is 2.89. The molecule has 18 heavy (non-hydrogen) atoms. The van der Waals surface area contributed by atoms with Crippen molar-refractivity contribution in [3.8, 4) is 0 Å². The van der Waals surface area contributed by atoms with Crippen LogP contribution >= 0.6 is 11.8 Å². The number of hydrogen-bond acceptors (Lipinski definition) is 5. The van der Waals surface area contributed by atoms with Crippen LogP contribution in [0, 0.1) is 0 Å². The molecule has 1 aromatic heterocycles. The Balaban J connectivity index is 2.49. The van der Waals surface area contributed by atoms with Crippen LogP contribution < -0.4 is 5.32 Å². The molecule has 7 heteroatoms. The smallest absolute Gasteiger partial charge is 0.339 e. The maximum Gasteiger partial charge on any atom is 0.339 e. The van der Waals surface area contributed by atoms with E-state index in [1.54, 1.807) is 0 Å². The third kappa shape index (κ3) is 4.70. The number of rotatable bonds is 6. The average Bonchev–Trinajstić information content (AvgIpc) is 2.28. The summed E-state index contributed by atoms with van der Waals surface area (Å²) in [4.78, 5) is 29.9. The summed E-state index contributed by atoms with van der Waals surface area (Å²) >= 11 is 1.32. The van der Waals surface area contributed by atoms with Crippen LogP contribution in [0.2, 0.25) is 0 Å². The molecule has 0 spiro atoms. The largest absolute Gasteiger partial charge is 0.478 e. The first-order valence-corrected chi connectivity index (χ1v) is 6.55. The summed E-state index contributed by atoms with van der Waals surface area (Å²) in [6.07, 6.45) is 2.57. The number of amides is 1. The maximum absolute atomic E-state index is 11.4. The second-order valence-corrected chi connectivity index (χ2v) is 4.89. The van der Waals surface area contributed by atoms with Gasteiger partial charge in [-0.05, 0) is 13.8 Å². The molecule has 1 aromatic rings. The second kappa shape index (κ2) is 6.95. The Labute approximate surface area is 109 Å². The van der Waals surface area contributed by atoms with E-state index in [2.05, 4.69) is 15.3 Å². The van der Waals surface area contributed by atoms with Gasteiger partial charge in [0.2, 0.25) is 5.91 Å². The van der Waals surface area contributed by atoms with Gasteiger partial charge < -0.3 is 10.4 Å². The van der Waals surface area contributed by atoms with E-state index < -0.39 is 5.97 Å². The van der Waals surface area contributed by atoms with E-state index in [-0.39, 0.29) is 23.3 Å². The van der Waals surface area contributed by atoms with Crippen LogP contribution in [0.15, 0.2) is 12.5 Å². The monoisotopic (exact) mass is 269 g/mol. The van der Waals surface area contributed by atoms with Crippen molar-refractivity contribution in [2.45, 2.75) is 25.6 Å². The van der Waals surface area contributed by atoms with Crippen LogP contribution in [-0.4, -0.2) is 38.7 Å².